The van der Waals surface area contributed by atoms with E-state index in [-0.39, 0.29) is 23.3 Å². The molecule has 0 saturated heterocycles. The van der Waals surface area contributed by atoms with Crippen LogP contribution < -0.4 is 5.32 Å². The molecule has 0 spiro atoms. The molecule has 1 unspecified atom stereocenters. The molecule has 3 rings (SSSR count). The summed E-state index contributed by atoms with van der Waals surface area (Å²) in [5.41, 5.74) is 2.47. The fourth-order valence-electron chi connectivity index (χ4n) is 3.08. The SMILES string of the molecule is COC(=O)NC(=NC1=CC=C(C(=O)C2CC2)C(Cc2ccccc2)C1=N)SC. The Bertz CT molecular complexity index is 870. The number of rotatable bonds is 5. The molecule has 1 aromatic carbocycles. The molecule has 28 heavy (non-hydrogen) atoms. The highest BCUT2D eigenvalue weighted by Crippen LogP contribution is 2.37. The summed E-state index contributed by atoms with van der Waals surface area (Å²) in [5, 5.41) is 11.6. The number of Topliss-reactive ketones (excluding diaryl/α,β-unsaturated/α-hetero) is 1. The Morgan fingerprint density at radius 1 is 1.25 bits per heavy atom. The van der Waals surface area contributed by atoms with Crippen LogP contribution in [0.1, 0.15) is 18.4 Å². The van der Waals surface area contributed by atoms with Crippen molar-refractivity contribution in [1.29, 1.82) is 5.41 Å². The maximum Gasteiger partial charge on any atom is 0.412 e. The van der Waals surface area contributed by atoms with Crippen LogP contribution in [0, 0.1) is 17.2 Å². The Morgan fingerprint density at radius 3 is 2.57 bits per heavy atom. The molecular formula is C21H23N3O3S. The molecule has 6 nitrogen and oxygen atoms in total. The predicted molar refractivity (Wildman–Crippen MR) is 112 cm³/mol. The van der Waals surface area contributed by atoms with Gasteiger partial charge in [0.2, 0.25) is 0 Å². The number of nitrogens with zero attached hydrogens (tertiary/aromatic N) is 1. The number of benzene rings is 1. The first kappa shape index (κ1) is 20.1. The third-order valence-electron chi connectivity index (χ3n) is 4.75. The number of amidine groups is 1. The number of nitrogens with one attached hydrogen (secondary N) is 2. The van der Waals surface area contributed by atoms with E-state index in [0.29, 0.717) is 22.9 Å². The average Bonchev–Trinajstić information content (AvgIpc) is 3.56. The number of hydrogen-bond acceptors (Lipinski definition) is 6. The van der Waals surface area contributed by atoms with Crippen LogP contribution in [-0.4, -0.2) is 36.1 Å². The quantitative estimate of drug-likeness (QED) is 0.585. The molecule has 1 atom stereocenters. The number of thioether (sulfide) groups is 1. The van der Waals surface area contributed by atoms with Gasteiger partial charge in [-0.25, -0.2) is 9.79 Å². The van der Waals surface area contributed by atoms with Crippen LogP contribution in [0.15, 0.2) is 58.7 Å². The highest BCUT2D eigenvalue weighted by Gasteiger charge is 2.37. The first-order valence-electron chi connectivity index (χ1n) is 9.10. The van der Waals surface area contributed by atoms with Crippen molar-refractivity contribution in [3.63, 3.8) is 0 Å². The Balaban J connectivity index is 1.90. The van der Waals surface area contributed by atoms with Crippen molar-refractivity contribution in [2.75, 3.05) is 13.4 Å². The van der Waals surface area contributed by atoms with Gasteiger partial charge in [0.25, 0.3) is 0 Å². The van der Waals surface area contributed by atoms with Crippen LogP contribution in [0.5, 0.6) is 0 Å². The second-order valence-electron chi connectivity index (χ2n) is 6.71. The Hall–Kier alpha value is -2.67. The average molecular weight is 398 g/mol. The molecule has 1 amide bonds. The lowest BCUT2D eigenvalue weighted by Crippen LogP contribution is -2.30. The van der Waals surface area contributed by atoms with E-state index in [1.54, 1.807) is 18.4 Å². The minimum Gasteiger partial charge on any atom is -0.453 e. The number of allylic oxidation sites excluding steroid dienone is 4. The minimum atomic E-state index is -0.614. The van der Waals surface area contributed by atoms with Gasteiger partial charge in [-0.05, 0) is 37.2 Å². The standard InChI is InChI=1S/C21H23N3O3S/c1-27-21(26)24-20(28-2)23-17-11-10-15(19(25)14-8-9-14)16(18(17)22)12-13-6-4-3-5-7-13/h3-7,10-11,14,16,22H,8-9,12H2,1-2H3,(H,23,24,26). The topological polar surface area (TPSA) is 91.6 Å². The molecule has 0 heterocycles. The van der Waals surface area contributed by atoms with Crippen molar-refractivity contribution >= 4 is 34.5 Å². The molecule has 0 aliphatic heterocycles. The molecule has 0 radical (unpaired) electrons. The number of carbonyl (C=O) groups is 2. The van der Waals surface area contributed by atoms with E-state index < -0.39 is 6.09 Å². The minimum absolute atomic E-state index is 0.0959. The summed E-state index contributed by atoms with van der Waals surface area (Å²) in [7, 11) is 1.28. The lowest BCUT2D eigenvalue weighted by atomic mass is 9.80. The second-order valence-corrected chi connectivity index (χ2v) is 7.50. The lowest BCUT2D eigenvalue weighted by molar-refractivity contribution is -0.117. The van der Waals surface area contributed by atoms with E-state index in [9.17, 15) is 9.59 Å². The number of methoxy groups -OCH3 is 1. The number of carbonyl (C=O) groups excluding carboxylic acids is 2. The van der Waals surface area contributed by atoms with E-state index in [2.05, 4.69) is 15.0 Å². The first-order valence-corrected chi connectivity index (χ1v) is 10.3. The third kappa shape index (κ3) is 4.78. The summed E-state index contributed by atoms with van der Waals surface area (Å²) in [4.78, 5) is 28.7. The van der Waals surface area contributed by atoms with Gasteiger partial charge < -0.3 is 10.1 Å². The molecule has 7 heteroatoms. The number of ketones is 1. The van der Waals surface area contributed by atoms with E-state index in [0.717, 1.165) is 18.4 Å². The molecule has 2 aliphatic rings. The number of amides is 1. The second kappa shape index (κ2) is 9.01. The Kier molecular flexibility index (Phi) is 6.46. The van der Waals surface area contributed by atoms with Gasteiger partial charge in [0, 0.05) is 17.4 Å². The number of aliphatic imine (C=N–C) groups is 1. The van der Waals surface area contributed by atoms with Gasteiger partial charge in [0.15, 0.2) is 11.0 Å². The van der Waals surface area contributed by atoms with E-state index in [4.69, 9.17) is 5.41 Å². The van der Waals surface area contributed by atoms with Gasteiger partial charge in [-0.15, -0.1) is 0 Å². The van der Waals surface area contributed by atoms with Crippen LogP contribution in [0.3, 0.4) is 0 Å². The van der Waals surface area contributed by atoms with Crippen LogP contribution in [0.4, 0.5) is 4.79 Å². The molecule has 2 aliphatic carbocycles. The largest absolute Gasteiger partial charge is 0.453 e. The fourth-order valence-corrected chi connectivity index (χ4v) is 3.45. The molecule has 1 aromatic rings. The molecule has 1 fully saturated rings. The normalized spacial score (nSPS) is 19.6. The third-order valence-corrected chi connectivity index (χ3v) is 5.33. The fraction of sp³-hybridized carbons (Fsp3) is 0.333. The summed E-state index contributed by atoms with van der Waals surface area (Å²) in [6.07, 6.45) is 7.07. The van der Waals surface area contributed by atoms with Crippen molar-refractivity contribution < 1.29 is 14.3 Å². The van der Waals surface area contributed by atoms with Gasteiger partial charge >= 0.3 is 6.09 Å². The predicted octanol–water partition coefficient (Wildman–Crippen LogP) is 3.74. The van der Waals surface area contributed by atoms with Gasteiger partial charge in [-0.2, -0.15) is 0 Å². The molecule has 0 aromatic heterocycles. The summed E-state index contributed by atoms with van der Waals surface area (Å²) in [5.74, 6) is -0.109. The first-order chi connectivity index (χ1) is 13.5. The lowest BCUT2D eigenvalue weighted by Gasteiger charge is -2.24. The van der Waals surface area contributed by atoms with Crippen molar-refractivity contribution in [2.24, 2.45) is 16.8 Å². The maximum absolute atomic E-state index is 12.8. The van der Waals surface area contributed by atoms with Gasteiger partial charge in [-0.1, -0.05) is 48.2 Å². The highest BCUT2D eigenvalue weighted by atomic mass is 32.2. The summed E-state index contributed by atoms with van der Waals surface area (Å²) >= 11 is 1.25. The zero-order valence-corrected chi connectivity index (χ0v) is 16.7. The zero-order valence-electron chi connectivity index (χ0n) is 15.9. The highest BCUT2D eigenvalue weighted by molar-refractivity contribution is 8.13. The van der Waals surface area contributed by atoms with Crippen molar-refractivity contribution in [3.05, 3.63) is 59.3 Å². The van der Waals surface area contributed by atoms with Crippen LogP contribution in [-0.2, 0) is 16.0 Å². The van der Waals surface area contributed by atoms with Gasteiger partial charge in [0.1, 0.15) is 0 Å². The number of alkyl carbamates (subject to hydrolysis) is 1. The van der Waals surface area contributed by atoms with Crippen LogP contribution in [0.25, 0.3) is 0 Å². The smallest absolute Gasteiger partial charge is 0.412 e. The van der Waals surface area contributed by atoms with Crippen molar-refractivity contribution in [3.8, 4) is 0 Å². The Morgan fingerprint density at radius 2 is 1.96 bits per heavy atom. The molecule has 146 valence electrons. The Labute approximate surface area is 168 Å². The van der Waals surface area contributed by atoms with Crippen molar-refractivity contribution in [2.45, 2.75) is 19.3 Å². The van der Waals surface area contributed by atoms with E-state index in [1.807, 2.05) is 30.3 Å². The summed E-state index contributed by atoms with van der Waals surface area (Å²) in [6.45, 7) is 0. The van der Waals surface area contributed by atoms with E-state index in [1.165, 1.54) is 18.9 Å². The number of ether oxygens (including phenoxy) is 1. The molecule has 1 saturated carbocycles. The molecular weight excluding hydrogens is 374 g/mol. The molecule has 2 N–H and O–H groups in total. The van der Waals surface area contributed by atoms with E-state index >= 15 is 0 Å². The zero-order chi connectivity index (χ0) is 20.1. The van der Waals surface area contributed by atoms with Gasteiger partial charge in [0.05, 0.1) is 18.5 Å². The summed E-state index contributed by atoms with van der Waals surface area (Å²) in [6, 6.07) is 9.85. The monoisotopic (exact) mass is 397 g/mol. The van der Waals surface area contributed by atoms with Crippen LogP contribution in [0.2, 0.25) is 0 Å². The maximum atomic E-state index is 12.8. The molecule has 0 bridgehead atoms. The van der Waals surface area contributed by atoms with Gasteiger partial charge in [-0.3, -0.25) is 10.1 Å². The van der Waals surface area contributed by atoms with Crippen molar-refractivity contribution in [1.82, 2.24) is 5.32 Å². The summed E-state index contributed by atoms with van der Waals surface area (Å²) < 4.78 is 4.61. The number of hydrogen-bond donors (Lipinski definition) is 2. The van der Waals surface area contributed by atoms with Crippen LogP contribution >= 0.6 is 11.8 Å².